The normalized spacial score (nSPS) is 13.5. The van der Waals surface area contributed by atoms with Crippen LogP contribution in [-0.4, -0.2) is 18.2 Å². The monoisotopic (exact) mass is 380 g/mol. The topological polar surface area (TPSA) is 35.5 Å². The average Bonchev–Trinajstić information content (AvgIpc) is 2.49. The summed E-state index contributed by atoms with van der Waals surface area (Å²) >= 11 is 17.8. The highest BCUT2D eigenvalue weighted by Gasteiger charge is 2.20. The maximum atomic E-state index is 12.1. The Bertz CT molecular complexity index is 520. The summed E-state index contributed by atoms with van der Waals surface area (Å²) in [5.41, 5.74) is 0. The van der Waals surface area contributed by atoms with Crippen molar-refractivity contribution in [3.63, 3.8) is 0 Å². The van der Waals surface area contributed by atoms with Crippen molar-refractivity contribution in [3.8, 4) is 5.75 Å². The number of halogens is 3. The predicted octanol–water partition coefficient (Wildman–Crippen LogP) is 6.32. The lowest BCUT2D eigenvalue weighted by molar-refractivity contribution is -0.156. The third-order valence-electron chi connectivity index (χ3n) is 3.39. The Kier molecular flexibility index (Phi) is 9.11. The Morgan fingerprint density at radius 2 is 1.70 bits per heavy atom. The summed E-state index contributed by atoms with van der Waals surface area (Å²) in [7, 11) is 0. The molecule has 0 N–H and O–H groups in total. The van der Waals surface area contributed by atoms with E-state index < -0.39 is 12.1 Å². The average molecular weight is 382 g/mol. The zero-order chi connectivity index (χ0) is 17.4. The van der Waals surface area contributed by atoms with E-state index in [1.165, 1.54) is 25.0 Å². The van der Waals surface area contributed by atoms with Crippen LogP contribution in [0.2, 0.25) is 15.1 Å². The molecular formula is C17H23Cl3O3. The molecule has 23 heavy (non-hydrogen) atoms. The molecule has 1 aromatic carbocycles. The van der Waals surface area contributed by atoms with Crippen molar-refractivity contribution in [2.24, 2.45) is 0 Å². The maximum absolute atomic E-state index is 12.1. The molecule has 2 unspecified atom stereocenters. The number of ether oxygens (including phenoxy) is 2. The van der Waals surface area contributed by atoms with Crippen molar-refractivity contribution in [3.05, 3.63) is 27.2 Å². The molecule has 0 spiro atoms. The molecule has 0 fully saturated rings. The highest BCUT2D eigenvalue weighted by molar-refractivity contribution is 6.43. The molecule has 0 radical (unpaired) electrons. The molecule has 0 heterocycles. The van der Waals surface area contributed by atoms with E-state index in [9.17, 15) is 4.79 Å². The Morgan fingerprint density at radius 1 is 1.04 bits per heavy atom. The van der Waals surface area contributed by atoms with Crippen LogP contribution >= 0.6 is 34.8 Å². The standard InChI is InChI=1S/C17H23Cl3O3/c1-4-5-6-7-8-11(2)22-17(21)12(3)23-16-10-14(19)13(18)9-15(16)20/h9-12H,4-8H2,1-3H3. The third-order valence-corrected chi connectivity index (χ3v) is 4.41. The number of benzene rings is 1. The van der Waals surface area contributed by atoms with Crippen molar-refractivity contribution < 1.29 is 14.3 Å². The second-order valence-corrected chi connectivity index (χ2v) is 6.78. The third kappa shape index (κ3) is 7.19. The van der Waals surface area contributed by atoms with Crippen molar-refractivity contribution in [1.29, 1.82) is 0 Å². The van der Waals surface area contributed by atoms with Gasteiger partial charge in [0.2, 0.25) is 0 Å². The minimum Gasteiger partial charge on any atom is -0.477 e. The summed E-state index contributed by atoms with van der Waals surface area (Å²) in [4.78, 5) is 12.1. The van der Waals surface area contributed by atoms with Crippen molar-refractivity contribution in [1.82, 2.24) is 0 Å². The Labute approximate surface area is 153 Å². The molecule has 2 atom stereocenters. The minimum atomic E-state index is -0.775. The fourth-order valence-corrected chi connectivity index (χ4v) is 2.63. The minimum absolute atomic E-state index is 0.130. The van der Waals surface area contributed by atoms with Crippen LogP contribution in [0, 0.1) is 0 Å². The van der Waals surface area contributed by atoms with Gasteiger partial charge in [-0.15, -0.1) is 0 Å². The van der Waals surface area contributed by atoms with Crippen LogP contribution in [0.25, 0.3) is 0 Å². The molecule has 1 rings (SSSR count). The van der Waals surface area contributed by atoms with Gasteiger partial charge in [0, 0.05) is 6.07 Å². The van der Waals surface area contributed by atoms with Crippen LogP contribution < -0.4 is 4.74 Å². The Balaban J connectivity index is 2.49. The largest absolute Gasteiger partial charge is 0.477 e. The molecule has 0 bridgehead atoms. The summed E-state index contributed by atoms with van der Waals surface area (Å²) in [6, 6.07) is 2.97. The molecule has 0 aliphatic rings. The number of hydrogen-bond donors (Lipinski definition) is 0. The van der Waals surface area contributed by atoms with Crippen molar-refractivity contribution in [2.45, 2.75) is 65.1 Å². The van der Waals surface area contributed by atoms with E-state index in [-0.39, 0.29) is 6.10 Å². The fourth-order valence-electron chi connectivity index (χ4n) is 2.04. The second-order valence-electron chi connectivity index (χ2n) is 5.55. The fraction of sp³-hybridized carbons (Fsp3) is 0.588. The molecule has 130 valence electrons. The van der Waals surface area contributed by atoms with E-state index in [1.54, 1.807) is 6.92 Å². The molecular weight excluding hydrogens is 359 g/mol. The molecule has 0 aliphatic carbocycles. The highest BCUT2D eigenvalue weighted by atomic mass is 35.5. The first-order valence-electron chi connectivity index (χ1n) is 7.86. The van der Waals surface area contributed by atoms with E-state index in [4.69, 9.17) is 44.3 Å². The number of carbonyl (C=O) groups is 1. The SMILES string of the molecule is CCCCCCC(C)OC(=O)C(C)Oc1cc(Cl)c(Cl)cc1Cl. The number of rotatable bonds is 9. The number of carbonyl (C=O) groups excluding carboxylic acids is 1. The predicted molar refractivity (Wildman–Crippen MR) is 95.9 cm³/mol. The summed E-state index contributed by atoms with van der Waals surface area (Å²) in [6.07, 6.45) is 4.54. The van der Waals surface area contributed by atoms with Crippen LogP contribution in [-0.2, 0) is 9.53 Å². The summed E-state index contributed by atoms with van der Waals surface area (Å²) < 4.78 is 10.9. The van der Waals surface area contributed by atoms with Gasteiger partial charge in [-0.05, 0) is 32.8 Å². The van der Waals surface area contributed by atoms with E-state index in [1.807, 2.05) is 6.92 Å². The van der Waals surface area contributed by atoms with Crippen molar-refractivity contribution >= 4 is 40.8 Å². The Morgan fingerprint density at radius 3 is 2.35 bits per heavy atom. The van der Waals surface area contributed by atoms with Crippen LogP contribution in [0.5, 0.6) is 5.75 Å². The van der Waals surface area contributed by atoms with Gasteiger partial charge in [-0.1, -0.05) is 61.0 Å². The first-order valence-corrected chi connectivity index (χ1v) is 9.00. The van der Waals surface area contributed by atoms with Gasteiger partial charge in [0.25, 0.3) is 0 Å². The highest BCUT2D eigenvalue weighted by Crippen LogP contribution is 2.34. The van der Waals surface area contributed by atoms with Gasteiger partial charge < -0.3 is 9.47 Å². The number of esters is 1. The van der Waals surface area contributed by atoms with Crippen LogP contribution in [0.3, 0.4) is 0 Å². The smallest absolute Gasteiger partial charge is 0.347 e. The van der Waals surface area contributed by atoms with Gasteiger partial charge in [-0.3, -0.25) is 0 Å². The van der Waals surface area contributed by atoms with Gasteiger partial charge in [0.05, 0.1) is 21.2 Å². The number of hydrogen-bond acceptors (Lipinski definition) is 3. The quantitative estimate of drug-likeness (QED) is 0.285. The summed E-state index contributed by atoms with van der Waals surface area (Å²) in [6.45, 7) is 5.67. The van der Waals surface area contributed by atoms with E-state index in [2.05, 4.69) is 6.92 Å². The van der Waals surface area contributed by atoms with Crippen LogP contribution in [0.1, 0.15) is 52.9 Å². The lowest BCUT2D eigenvalue weighted by atomic mass is 10.1. The van der Waals surface area contributed by atoms with Gasteiger partial charge in [0.15, 0.2) is 6.10 Å². The molecule has 0 saturated carbocycles. The van der Waals surface area contributed by atoms with Crippen LogP contribution in [0.4, 0.5) is 0 Å². The molecule has 0 aliphatic heterocycles. The van der Waals surface area contributed by atoms with Gasteiger partial charge in [0.1, 0.15) is 5.75 Å². The van der Waals surface area contributed by atoms with Gasteiger partial charge in [-0.25, -0.2) is 4.79 Å². The molecule has 0 saturated heterocycles. The molecule has 0 amide bonds. The molecule has 6 heteroatoms. The van der Waals surface area contributed by atoms with Crippen molar-refractivity contribution in [2.75, 3.05) is 0 Å². The number of unbranched alkanes of at least 4 members (excludes halogenated alkanes) is 3. The summed E-state index contributed by atoms with van der Waals surface area (Å²) in [5, 5.41) is 0.947. The lowest BCUT2D eigenvalue weighted by Gasteiger charge is -2.18. The lowest BCUT2D eigenvalue weighted by Crippen LogP contribution is -2.29. The van der Waals surface area contributed by atoms with Gasteiger partial charge in [-0.2, -0.15) is 0 Å². The maximum Gasteiger partial charge on any atom is 0.347 e. The second kappa shape index (κ2) is 10.3. The van der Waals surface area contributed by atoms with E-state index in [0.29, 0.717) is 20.8 Å². The molecule has 1 aromatic rings. The summed E-state index contributed by atoms with van der Waals surface area (Å²) in [5.74, 6) is -0.115. The van der Waals surface area contributed by atoms with E-state index in [0.717, 1.165) is 19.3 Å². The first kappa shape index (κ1) is 20.4. The van der Waals surface area contributed by atoms with Gasteiger partial charge >= 0.3 is 5.97 Å². The zero-order valence-corrected chi connectivity index (χ0v) is 16.0. The zero-order valence-electron chi connectivity index (χ0n) is 13.7. The molecule has 3 nitrogen and oxygen atoms in total. The Hall–Kier alpha value is -0.640. The molecule has 0 aromatic heterocycles. The first-order chi connectivity index (χ1) is 10.8. The van der Waals surface area contributed by atoms with Crippen LogP contribution in [0.15, 0.2) is 12.1 Å². The van der Waals surface area contributed by atoms with E-state index >= 15 is 0 Å².